The average Bonchev–Trinajstić information content (AvgIpc) is 3.46. The first kappa shape index (κ1) is 33.4. The minimum atomic E-state index is -3.55. The van der Waals surface area contributed by atoms with Gasteiger partial charge in [-0.05, 0) is 61.9 Å². The topological polar surface area (TPSA) is 149 Å². The van der Waals surface area contributed by atoms with Crippen molar-refractivity contribution in [3.63, 3.8) is 0 Å². The van der Waals surface area contributed by atoms with Crippen LogP contribution in [0.4, 0.5) is 0 Å². The Balaban J connectivity index is 0.000000883. The Labute approximate surface area is 241 Å². The summed E-state index contributed by atoms with van der Waals surface area (Å²) in [6.45, 7) is 6.68. The van der Waals surface area contributed by atoms with Gasteiger partial charge in [-0.15, -0.1) is 0 Å². The first-order valence-electron chi connectivity index (χ1n) is 13.1. The number of hydrogen-bond donors (Lipinski definition) is 2. The first-order valence-corrected chi connectivity index (χ1v) is 14.6. The molecule has 0 bridgehead atoms. The quantitative estimate of drug-likeness (QED) is 0.257. The van der Waals surface area contributed by atoms with Gasteiger partial charge in [0.25, 0.3) is 0 Å². The number of carbonyl (C=O) groups is 2. The monoisotopic (exact) mass is 593 g/mol. The van der Waals surface area contributed by atoms with E-state index in [4.69, 9.17) is 38.7 Å². The molecule has 0 spiro atoms. The van der Waals surface area contributed by atoms with E-state index >= 15 is 0 Å². The van der Waals surface area contributed by atoms with E-state index in [-0.39, 0.29) is 10.8 Å². The summed E-state index contributed by atoms with van der Waals surface area (Å²) >= 11 is 0. The van der Waals surface area contributed by atoms with E-state index in [0.717, 1.165) is 37.4 Å². The van der Waals surface area contributed by atoms with Crippen molar-refractivity contribution in [1.29, 1.82) is 0 Å². The zero-order valence-corrected chi connectivity index (χ0v) is 24.9. The van der Waals surface area contributed by atoms with Gasteiger partial charge in [-0.25, -0.2) is 18.0 Å². The maximum Gasteiger partial charge on any atom is 0.414 e. The summed E-state index contributed by atoms with van der Waals surface area (Å²) in [4.78, 5) is 21.1. The number of likely N-dealkylation sites (N-methyl/N-ethyl adjacent to an activating group) is 1. The second-order valence-corrected chi connectivity index (χ2v) is 11.5. The Bertz CT molecular complexity index is 1290. The number of ether oxygens (including phenoxy) is 4. The van der Waals surface area contributed by atoms with Gasteiger partial charge < -0.3 is 34.1 Å². The van der Waals surface area contributed by atoms with Gasteiger partial charge in [0.15, 0.2) is 11.5 Å². The molecule has 1 aliphatic rings. The Hall–Kier alpha value is -3.77. The standard InChI is InChI=1S/C27H37NO6S.C2H2O4/c1-20(2)27-26(14-18-34-27)35(29,30)23-10-8-22(9-11-23)33-17-6-15-28(3)16-13-21-7-12-24(31-4)25(19-21)32-5;3-1(4)2(5)6/h7-12,19-20H,6,13-18H2,1-5H3;(H,3,4)(H,5,6). The summed E-state index contributed by atoms with van der Waals surface area (Å²) < 4.78 is 48.1. The van der Waals surface area contributed by atoms with Gasteiger partial charge in [0.1, 0.15) is 11.5 Å². The molecule has 41 heavy (non-hydrogen) atoms. The number of aliphatic carboxylic acids is 2. The zero-order chi connectivity index (χ0) is 30.6. The van der Waals surface area contributed by atoms with Crippen molar-refractivity contribution in [1.82, 2.24) is 4.90 Å². The molecular formula is C29H39NO10S. The van der Waals surface area contributed by atoms with Crippen molar-refractivity contribution in [3.05, 3.63) is 58.7 Å². The average molecular weight is 594 g/mol. The molecule has 0 unspecified atom stereocenters. The van der Waals surface area contributed by atoms with Gasteiger partial charge in [-0.3, -0.25) is 0 Å². The summed E-state index contributed by atoms with van der Waals surface area (Å²) in [5.41, 5.74) is 1.20. The fraction of sp³-hybridized carbons (Fsp3) is 0.448. The van der Waals surface area contributed by atoms with Gasteiger partial charge in [0, 0.05) is 25.4 Å². The minimum Gasteiger partial charge on any atom is -0.496 e. The molecule has 11 nitrogen and oxygen atoms in total. The van der Waals surface area contributed by atoms with Crippen LogP contribution < -0.4 is 14.2 Å². The number of methoxy groups -OCH3 is 2. The van der Waals surface area contributed by atoms with Crippen LogP contribution in [0.15, 0.2) is 58.0 Å². The van der Waals surface area contributed by atoms with E-state index < -0.39 is 21.8 Å². The molecule has 2 aromatic rings. The number of benzene rings is 2. The molecular weight excluding hydrogens is 554 g/mol. The summed E-state index contributed by atoms with van der Waals surface area (Å²) in [6.07, 6.45) is 2.20. The lowest BCUT2D eigenvalue weighted by molar-refractivity contribution is -0.159. The zero-order valence-electron chi connectivity index (χ0n) is 24.1. The number of rotatable bonds is 13. The van der Waals surface area contributed by atoms with Crippen molar-refractivity contribution in [2.24, 2.45) is 5.92 Å². The Morgan fingerprint density at radius 1 is 0.976 bits per heavy atom. The lowest BCUT2D eigenvalue weighted by Crippen LogP contribution is -2.23. The molecule has 0 atom stereocenters. The molecule has 0 saturated carbocycles. The Kier molecular flexibility index (Phi) is 12.9. The van der Waals surface area contributed by atoms with Crippen molar-refractivity contribution in [3.8, 4) is 17.2 Å². The number of hydrogen-bond acceptors (Lipinski definition) is 9. The molecule has 2 aromatic carbocycles. The van der Waals surface area contributed by atoms with Crippen LogP contribution in [0.5, 0.6) is 17.2 Å². The van der Waals surface area contributed by atoms with E-state index in [1.54, 1.807) is 38.5 Å². The predicted molar refractivity (Wildman–Crippen MR) is 152 cm³/mol. The lowest BCUT2D eigenvalue weighted by atomic mass is 10.1. The number of sulfone groups is 1. The second-order valence-electron chi connectivity index (χ2n) is 9.57. The van der Waals surface area contributed by atoms with Crippen LogP contribution >= 0.6 is 0 Å². The van der Waals surface area contributed by atoms with Gasteiger partial charge in [0.05, 0.1) is 37.2 Å². The normalized spacial score (nSPS) is 13.0. The van der Waals surface area contributed by atoms with E-state index in [2.05, 4.69) is 18.0 Å². The highest BCUT2D eigenvalue weighted by molar-refractivity contribution is 7.95. The number of allylic oxidation sites excluding steroid dienone is 1. The van der Waals surface area contributed by atoms with Crippen LogP contribution in [0.3, 0.4) is 0 Å². The maximum absolute atomic E-state index is 13.0. The molecule has 226 valence electrons. The SMILES string of the molecule is COc1ccc(CCN(C)CCCOc2ccc(S(=O)(=O)C3=C(C(C)C)OCC3)cc2)cc1OC.O=C(O)C(=O)O. The van der Waals surface area contributed by atoms with Crippen molar-refractivity contribution >= 4 is 21.8 Å². The molecule has 0 saturated heterocycles. The number of carboxylic acids is 2. The minimum absolute atomic E-state index is 0.0436. The summed E-state index contributed by atoms with van der Waals surface area (Å²) in [7, 11) is 1.82. The molecule has 3 rings (SSSR count). The van der Waals surface area contributed by atoms with E-state index in [1.807, 2.05) is 26.0 Å². The van der Waals surface area contributed by atoms with Crippen molar-refractivity contribution < 1.29 is 47.2 Å². The largest absolute Gasteiger partial charge is 0.496 e. The molecule has 1 heterocycles. The molecule has 0 fully saturated rings. The molecule has 0 radical (unpaired) electrons. The van der Waals surface area contributed by atoms with Crippen LogP contribution in [0.1, 0.15) is 32.3 Å². The number of carboxylic acid groups (broad SMARTS) is 2. The van der Waals surface area contributed by atoms with Crippen molar-refractivity contribution in [2.75, 3.05) is 47.6 Å². The van der Waals surface area contributed by atoms with E-state index in [1.165, 1.54) is 5.56 Å². The summed E-state index contributed by atoms with van der Waals surface area (Å²) in [6, 6.07) is 12.7. The van der Waals surface area contributed by atoms with Gasteiger partial charge in [-0.1, -0.05) is 19.9 Å². The van der Waals surface area contributed by atoms with E-state index in [9.17, 15) is 8.42 Å². The lowest BCUT2D eigenvalue weighted by Gasteiger charge is -2.17. The third-order valence-electron chi connectivity index (χ3n) is 6.21. The van der Waals surface area contributed by atoms with Gasteiger partial charge >= 0.3 is 11.9 Å². The van der Waals surface area contributed by atoms with Crippen LogP contribution in [0.2, 0.25) is 0 Å². The molecule has 0 amide bonds. The molecule has 12 heteroatoms. The Morgan fingerprint density at radius 3 is 2.17 bits per heavy atom. The third-order valence-corrected chi connectivity index (χ3v) is 8.16. The first-order chi connectivity index (χ1) is 19.4. The highest BCUT2D eigenvalue weighted by Gasteiger charge is 2.30. The predicted octanol–water partition coefficient (Wildman–Crippen LogP) is 3.86. The Morgan fingerprint density at radius 2 is 1.61 bits per heavy atom. The molecule has 0 aliphatic carbocycles. The highest BCUT2D eigenvalue weighted by Crippen LogP contribution is 2.34. The number of nitrogens with zero attached hydrogens (tertiary/aromatic N) is 1. The van der Waals surface area contributed by atoms with Crippen molar-refractivity contribution in [2.45, 2.75) is 38.0 Å². The summed E-state index contributed by atoms with van der Waals surface area (Å²) in [5.74, 6) is -0.879. The van der Waals surface area contributed by atoms with Crippen LogP contribution in [-0.4, -0.2) is 83.0 Å². The van der Waals surface area contributed by atoms with Gasteiger partial charge in [-0.2, -0.15) is 0 Å². The fourth-order valence-electron chi connectivity index (χ4n) is 4.06. The smallest absolute Gasteiger partial charge is 0.414 e. The third kappa shape index (κ3) is 9.98. The van der Waals surface area contributed by atoms with Crippen LogP contribution in [0.25, 0.3) is 0 Å². The van der Waals surface area contributed by atoms with Gasteiger partial charge in [0.2, 0.25) is 9.84 Å². The summed E-state index contributed by atoms with van der Waals surface area (Å²) in [5, 5.41) is 14.8. The second kappa shape index (κ2) is 15.9. The fourth-order valence-corrected chi connectivity index (χ4v) is 5.75. The van der Waals surface area contributed by atoms with E-state index in [0.29, 0.717) is 36.0 Å². The molecule has 0 aromatic heterocycles. The molecule has 2 N–H and O–H groups in total. The molecule has 1 aliphatic heterocycles. The van der Waals surface area contributed by atoms with Crippen LogP contribution in [0, 0.1) is 5.92 Å². The highest BCUT2D eigenvalue weighted by atomic mass is 32.2. The maximum atomic E-state index is 13.0. The van der Waals surface area contributed by atoms with Crippen LogP contribution in [-0.2, 0) is 30.6 Å².